The van der Waals surface area contributed by atoms with Gasteiger partial charge in [-0.05, 0) is 37.3 Å². The molecule has 2 fully saturated rings. The fraction of sp³-hybridized carbons (Fsp3) is 0.600. The van der Waals surface area contributed by atoms with Gasteiger partial charge in [0.05, 0.1) is 15.7 Å². The fourth-order valence-corrected chi connectivity index (χ4v) is 5.85. The van der Waals surface area contributed by atoms with E-state index < -0.39 is 20.7 Å². The third kappa shape index (κ3) is 2.01. The van der Waals surface area contributed by atoms with E-state index in [-0.39, 0.29) is 5.92 Å². The summed E-state index contributed by atoms with van der Waals surface area (Å²) in [5.74, 6) is 0.179. The van der Waals surface area contributed by atoms with Crippen LogP contribution in [0.4, 0.5) is 0 Å². The lowest BCUT2D eigenvalue weighted by molar-refractivity contribution is -0.0928. The van der Waals surface area contributed by atoms with E-state index in [0.717, 1.165) is 25.7 Å². The Morgan fingerprint density at radius 3 is 2.58 bits per heavy atom. The third-order valence-corrected chi connectivity index (χ3v) is 7.12. The summed E-state index contributed by atoms with van der Waals surface area (Å²) < 4.78 is 25.3. The van der Waals surface area contributed by atoms with Crippen molar-refractivity contribution in [3.05, 3.63) is 30.3 Å². The second kappa shape index (κ2) is 4.60. The van der Waals surface area contributed by atoms with E-state index in [1.54, 1.807) is 24.3 Å². The molecule has 0 amide bonds. The lowest BCUT2D eigenvalue weighted by Gasteiger charge is -2.51. The number of benzene rings is 1. The van der Waals surface area contributed by atoms with Crippen LogP contribution in [0.3, 0.4) is 0 Å². The number of sulfone groups is 1. The second-order valence-corrected chi connectivity index (χ2v) is 8.00. The second-order valence-electron chi connectivity index (χ2n) is 5.87. The molecular formula is C15H20O3S. The highest BCUT2D eigenvalue weighted by Gasteiger charge is 2.59. The van der Waals surface area contributed by atoms with Crippen molar-refractivity contribution in [2.45, 2.75) is 54.3 Å². The van der Waals surface area contributed by atoms with E-state index in [9.17, 15) is 13.5 Å². The predicted octanol–water partition coefficient (Wildman–Crippen LogP) is 2.54. The molecule has 104 valence electrons. The molecule has 0 bridgehead atoms. The molecule has 0 aromatic heterocycles. The smallest absolute Gasteiger partial charge is 0.184 e. The first-order valence-electron chi connectivity index (χ1n) is 7.06. The molecule has 3 rings (SSSR count). The van der Waals surface area contributed by atoms with Crippen LogP contribution in [0.2, 0.25) is 0 Å². The van der Waals surface area contributed by atoms with Crippen molar-refractivity contribution in [3.63, 3.8) is 0 Å². The van der Waals surface area contributed by atoms with Gasteiger partial charge in [0.2, 0.25) is 0 Å². The zero-order valence-corrected chi connectivity index (χ0v) is 11.8. The summed E-state index contributed by atoms with van der Waals surface area (Å²) >= 11 is 0. The highest BCUT2D eigenvalue weighted by molar-refractivity contribution is 7.92. The fourth-order valence-electron chi connectivity index (χ4n) is 3.65. The number of fused-ring (bicyclic) bond motifs is 1. The van der Waals surface area contributed by atoms with E-state index in [2.05, 4.69) is 0 Å². The van der Waals surface area contributed by atoms with Gasteiger partial charge in [-0.25, -0.2) is 8.42 Å². The lowest BCUT2D eigenvalue weighted by Crippen LogP contribution is -2.62. The molecular weight excluding hydrogens is 260 g/mol. The summed E-state index contributed by atoms with van der Waals surface area (Å²) in [5, 5.41) is 10.2. The molecule has 0 heterocycles. The molecule has 0 radical (unpaired) electrons. The number of aliphatic hydroxyl groups is 1. The monoisotopic (exact) mass is 280 g/mol. The van der Waals surface area contributed by atoms with Gasteiger partial charge in [0.15, 0.2) is 9.84 Å². The molecule has 2 aliphatic carbocycles. The molecule has 4 heteroatoms. The number of hydrogen-bond donors (Lipinski definition) is 1. The molecule has 0 saturated heterocycles. The predicted molar refractivity (Wildman–Crippen MR) is 73.6 cm³/mol. The lowest BCUT2D eigenvalue weighted by atomic mass is 9.66. The maximum absolute atomic E-state index is 12.6. The van der Waals surface area contributed by atoms with Crippen LogP contribution in [0.1, 0.15) is 38.5 Å². The third-order valence-electron chi connectivity index (χ3n) is 4.84. The van der Waals surface area contributed by atoms with E-state index in [4.69, 9.17) is 0 Å². The molecule has 1 aromatic carbocycles. The van der Waals surface area contributed by atoms with Crippen LogP contribution in [0, 0.1) is 5.92 Å². The van der Waals surface area contributed by atoms with Crippen LogP contribution in [0.15, 0.2) is 35.2 Å². The van der Waals surface area contributed by atoms with Crippen LogP contribution in [-0.4, -0.2) is 24.4 Å². The van der Waals surface area contributed by atoms with E-state index in [1.807, 2.05) is 6.07 Å². The summed E-state index contributed by atoms with van der Waals surface area (Å²) in [6.07, 6.45) is 5.38. The van der Waals surface area contributed by atoms with E-state index in [1.165, 1.54) is 0 Å². The summed E-state index contributed by atoms with van der Waals surface area (Å²) in [7, 11) is -3.40. The first-order valence-corrected chi connectivity index (χ1v) is 8.61. The minimum absolute atomic E-state index is 0.179. The van der Waals surface area contributed by atoms with Crippen LogP contribution < -0.4 is 0 Å². The molecule has 3 atom stereocenters. The zero-order chi connectivity index (χ0) is 13.5. The Hall–Kier alpha value is -0.870. The van der Waals surface area contributed by atoms with Crippen molar-refractivity contribution in [1.29, 1.82) is 0 Å². The van der Waals surface area contributed by atoms with Crippen molar-refractivity contribution in [3.8, 4) is 0 Å². The quantitative estimate of drug-likeness (QED) is 0.905. The van der Waals surface area contributed by atoms with Gasteiger partial charge in [-0.3, -0.25) is 0 Å². The molecule has 19 heavy (non-hydrogen) atoms. The minimum Gasteiger partial charge on any atom is -0.388 e. The Labute approximate surface area is 114 Å². The van der Waals surface area contributed by atoms with Crippen molar-refractivity contribution >= 4 is 9.84 Å². The van der Waals surface area contributed by atoms with Gasteiger partial charge >= 0.3 is 0 Å². The maximum Gasteiger partial charge on any atom is 0.184 e. The SMILES string of the molecule is O=S(=O)(c1ccccc1)[C@H]1C[C@@H]2CCCCC[C@@]21O. The van der Waals surface area contributed by atoms with Crippen molar-refractivity contribution < 1.29 is 13.5 Å². The van der Waals surface area contributed by atoms with Gasteiger partial charge < -0.3 is 5.11 Å². The molecule has 2 saturated carbocycles. The van der Waals surface area contributed by atoms with E-state index >= 15 is 0 Å². The molecule has 0 spiro atoms. The first kappa shape index (κ1) is 13.1. The Bertz CT molecular complexity index is 552. The average Bonchev–Trinajstić information content (AvgIpc) is 2.53. The number of rotatable bonds is 2. The van der Waals surface area contributed by atoms with Crippen LogP contribution in [0.5, 0.6) is 0 Å². The Kier molecular flexibility index (Phi) is 3.18. The molecule has 2 aliphatic rings. The molecule has 0 aliphatic heterocycles. The van der Waals surface area contributed by atoms with Gasteiger partial charge in [-0.15, -0.1) is 0 Å². The van der Waals surface area contributed by atoms with Crippen molar-refractivity contribution in [2.75, 3.05) is 0 Å². The first-order chi connectivity index (χ1) is 9.05. The Morgan fingerprint density at radius 2 is 1.84 bits per heavy atom. The topological polar surface area (TPSA) is 54.4 Å². The maximum atomic E-state index is 12.6. The van der Waals surface area contributed by atoms with Gasteiger partial charge in [-0.1, -0.05) is 37.5 Å². The largest absolute Gasteiger partial charge is 0.388 e. The van der Waals surface area contributed by atoms with Crippen LogP contribution >= 0.6 is 0 Å². The summed E-state index contributed by atoms with van der Waals surface area (Å²) in [5.41, 5.74) is -0.981. The highest BCUT2D eigenvalue weighted by Crippen LogP contribution is 2.51. The molecule has 0 unspecified atom stereocenters. The Morgan fingerprint density at radius 1 is 1.11 bits per heavy atom. The molecule has 3 nitrogen and oxygen atoms in total. The minimum atomic E-state index is -3.40. The molecule has 1 aromatic rings. The van der Waals surface area contributed by atoms with Crippen LogP contribution in [-0.2, 0) is 9.84 Å². The van der Waals surface area contributed by atoms with Crippen molar-refractivity contribution in [2.24, 2.45) is 5.92 Å². The van der Waals surface area contributed by atoms with Gasteiger partial charge in [0.25, 0.3) is 0 Å². The Balaban J connectivity index is 1.92. The van der Waals surface area contributed by atoms with Gasteiger partial charge in [0.1, 0.15) is 0 Å². The number of hydrogen-bond acceptors (Lipinski definition) is 3. The summed E-state index contributed by atoms with van der Waals surface area (Å²) in [4.78, 5) is 0.344. The van der Waals surface area contributed by atoms with Crippen LogP contribution in [0.25, 0.3) is 0 Å². The van der Waals surface area contributed by atoms with Gasteiger partial charge in [0, 0.05) is 0 Å². The standard InChI is InChI=1S/C15H20O3S/c16-15-10-6-2-3-7-12(15)11-14(15)19(17,18)13-8-4-1-5-9-13/h1,4-5,8-9,12,14,16H,2-3,6-7,10-11H2/t12-,14-,15+/m0/s1. The average molecular weight is 280 g/mol. The van der Waals surface area contributed by atoms with Gasteiger partial charge in [-0.2, -0.15) is 0 Å². The summed E-state index contributed by atoms with van der Waals surface area (Å²) in [6, 6.07) is 8.54. The van der Waals surface area contributed by atoms with Crippen molar-refractivity contribution in [1.82, 2.24) is 0 Å². The van der Waals surface area contributed by atoms with E-state index in [0.29, 0.717) is 17.7 Å². The summed E-state index contributed by atoms with van der Waals surface area (Å²) in [6.45, 7) is 0. The zero-order valence-electron chi connectivity index (χ0n) is 11.0. The normalized spacial score (nSPS) is 35.0. The molecule has 1 N–H and O–H groups in total. The highest BCUT2D eigenvalue weighted by atomic mass is 32.2.